The van der Waals surface area contributed by atoms with Gasteiger partial charge in [0, 0.05) is 29.1 Å². The predicted octanol–water partition coefficient (Wildman–Crippen LogP) is 1.26. The first-order valence-electron chi connectivity index (χ1n) is 7.27. The number of carbonyl (C=O) groups is 2. The highest BCUT2D eigenvalue weighted by Gasteiger charge is 2.17. The lowest BCUT2D eigenvalue weighted by atomic mass is 10.0. The molecule has 0 saturated heterocycles. The lowest BCUT2D eigenvalue weighted by Gasteiger charge is -2.19. The summed E-state index contributed by atoms with van der Waals surface area (Å²) in [6.45, 7) is 0. The van der Waals surface area contributed by atoms with Gasteiger partial charge < -0.3 is 20.2 Å². The summed E-state index contributed by atoms with van der Waals surface area (Å²) in [7, 11) is 0. The lowest BCUT2D eigenvalue weighted by molar-refractivity contribution is -0.308. The van der Waals surface area contributed by atoms with Gasteiger partial charge in [0.1, 0.15) is 0 Å². The summed E-state index contributed by atoms with van der Waals surface area (Å²) in [6.07, 6.45) is 1.92. The molecule has 3 aromatic rings. The predicted molar refractivity (Wildman–Crippen MR) is 84.7 cm³/mol. The molecule has 0 aliphatic rings. The van der Waals surface area contributed by atoms with Crippen LogP contribution >= 0.6 is 0 Å². The topological polar surface area (TPSA) is 85.0 Å². The van der Waals surface area contributed by atoms with Crippen LogP contribution < -0.4 is 10.4 Å². The van der Waals surface area contributed by atoms with Crippen molar-refractivity contribution < 1.29 is 14.7 Å². The Hall–Kier alpha value is -3.08. The van der Waals surface area contributed by atoms with Crippen molar-refractivity contribution >= 4 is 22.8 Å². The van der Waals surface area contributed by atoms with Crippen molar-refractivity contribution in [3.8, 4) is 0 Å². The van der Waals surface area contributed by atoms with Crippen molar-refractivity contribution in [3.63, 3.8) is 0 Å². The molecule has 1 aromatic heterocycles. The van der Waals surface area contributed by atoms with Crippen LogP contribution in [0.1, 0.15) is 15.9 Å². The molecule has 0 bridgehead atoms. The number of aromatic amines is 1. The molecule has 5 heteroatoms. The summed E-state index contributed by atoms with van der Waals surface area (Å²) in [5.74, 6) is -1.74. The highest BCUT2D eigenvalue weighted by Crippen LogP contribution is 2.19. The molecule has 0 saturated carbocycles. The number of amides is 1. The van der Waals surface area contributed by atoms with E-state index in [1.807, 2.05) is 24.3 Å². The average molecular weight is 307 g/mol. The minimum Gasteiger partial charge on any atom is -0.548 e. The fraction of sp³-hybridized carbons (Fsp3) is 0.111. The van der Waals surface area contributed by atoms with Crippen LogP contribution in [0.15, 0.2) is 60.8 Å². The summed E-state index contributed by atoms with van der Waals surface area (Å²) >= 11 is 0. The van der Waals surface area contributed by atoms with Crippen LogP contribution in [0.2, 0.25) is 0 Å². The maximum atomic E-state index is 12.1. The van der Waals surface area contributed by atoms with E-state index in [4.69, 9.17) is 0 Å². The van der Waals surface area contributed by atoms with Crippen LogP contribution in [0.4, 0.5) is 0 Å². The molecule has 0 radical (unpaired) electrons. The van der Waals surface area contributed by atoms with Gasteiger partial charge in [0.05, 0.1) is 12.0 Å². The van der Waals surface area contributed by atoms with E-state index in [1.165, 1.54) is 0 Å². The highest BCUT2D eigenvalue weighted by molar-refractivity contribution is 5.96. The van der Waals surface area contributed by atoms with Gasteiger partial charge >= 0.3 is 0 Å². The van der Waals surface area contributed by atoms with Crippen molar-refractivity contribution in [2.24, 2.45) is 0 Å². The number of nitrogens with one attached hydrogen (secondary N) is 2. The van der Waals surface area contributed by atoms with E-state index in [2.05, 4.69) is 10.3 Å². The minimum absolute atomic E-state index is 0.158. The second-order valence-electron chi connectivity index (χ2n) is 5.27. The molecular formula is C18H15N2O3-. The molecule has 5 nitrogen and oxygen atoms in total. The standard InChI is InChI=1S/C18H16N2O3/c21-17(12-6-2-1-3-7-12)20-16(18(22)23)10-13-11-19-15-9-5-4-8-14(13)15/h1-9,11,16,19H,10H2,(H,20,21)(H,22,23)/p-1/t16-/m0/s1. The number of rotatable bonds is 5. The van der Waals surface area contributed by atoms with Crippen LogP contribution in [0.25, 0.3) is 10.9 Å². The van der Waals surface area contributed by atoms with E-state index in [1.54, 1.807) is 36.5 Å². The maximum absolute atomic E-state index is 12.1. The molecule has 1 amide bonds. The summed E-state index contributed by atoms with van der Waals surface area (Å²) in [6, 6.07) is 15.0. The second-order valence-corrected chi connectivity index (χ2v) is 5.27. The third-order valence-electron chi connectivity index (χ3n) is 3.72. The van der Waals surface area contributed by atoms with Crippen molar-refractivity contribution in [2.75, 3.05) is 0 Å². The van der Waals surface area contributed by atoms with Crippen molar-refractivity contribution in [1.82, 2.24) is 10.3 Å². The smallest absolute Gasteiger partial charge is 0.251 e. The highest BCUT2D eigenvalue weighted by atomic mass is 16.4. The monoisotopic (exact) mass is 307 g/mol. The average Bonchev–Trinajstić information content (AvgIpc) is 2.98. The summed E-state index contributed by atoms with van der Waals surface area (Å²) in [5.41, 5.74) is 2.16. The van der Waals surface area contributed by atoms with Crippen LogP contribution in [0.3, 0.4) is 0 Å². The molecule has 0 fully saturated rings. The van der Waals surface area contributed by atoms with Crippen LogP contribution in [-0.2, 0) is 11.2 Å². The number of carboxylic acids is 1. The Kier molecular flexibility index (Phi) is 4.10. The first kappa shape index (κ1) is 14.8. The van der Waals surface area contributed by atoms with Gasteiger partial charge in [0.25, 0.3) is 5.91 Å². The molecule has 2 aromatic carbocycles. The number of hydrogen-bond donors (Lipinski definition) is 2. The number of benzene rings is 2. The minimum atomic E-state index is -1.31. The Morgan fingerprint density at radius 1 is 1.04 bits per heavy atom. The summed E-state index contributed by atoms with van der Waals surface area (Å²) in [5, 5.41) is 14.9. The number of carbonyl (C=O) groups excluding carboxylic acids is 2. The van der Waals surface area contributed by atoms with Gasteiger partial charge in [-0.05, 0) is 23.8 Å². The molecule has 23 heavy (non-hydrogen) atoms. The Morgan fingerprint density at radius 3 is 2.48 bits per heavy atom. The van der Waals surface area contributed by atoms with E-state index < -0.39 is 17.9 Å². The van der Waals surface area contributed by atoms with Gasteiger partial charge in [-0.3, -0.25) is 4.79 Å². The number of aliphatic carboxylic acids is 1. The molecule has 1 atom stereocenters. The number of fused-ring (bicyclic) bond motifs is 1. The van der Waals surface area contributed by atoms with Gasteiger partial charge in [-0.1, -0.05) is 36.4 Å². The van der Waals surface area contributed by atoms with E-state index in [0.29, 0.717) is 5.56 Å². The SMILES string of the molecule is O=C(N[C@@H](Cc1c[nH]c2ccccc12)C(=O)[O-])c1ccccc1. The Balaban J connectivity index is 1.80. The molecular weight excluding hydrogens is 292 g/mol. The zero-order chi connectivity index (χ0) is 16.2. The maximum Gasteiger partial charge on any atom is 0.251 e. The molecule has 3 rings (SSSR count). The molecule has 116 valence electrons. The van der Waals surface area contributed by atoms with Crippen LogP contribution in [-0.4, -0.2) is 22.9 Å². The molecule has 2 N–H and O–H groups in total. The van der Waals surface area contributed by atoms with E-state index in [9.17, 15) is 14.7 Å². The molecule has 0 spiro atoms. The number of hydrogen-bond acceptors (Lipinski definition) is 3. The number of para-hydroxylation sites is 1. The van der Waals surface area contributed by atoms with Crippen molar-refractivity contribution in [1.29, 1.82) is 0 Å². The fourth-order valence-electron chi connectivity index (χ4n) is 2.54. The van der Waals surface area contributed by atoms with Crippen LogP contribution in [0, 0.1) is 0 Å². The van der Waals surface area contributed by atoms with Crippen LogP contribution in [0.5, 0.6) is 0 Å². The Bertz CT molecular complexity index is 840. The van der Waals surface area contributed by atoms with Crippen molar-refractivity contribution in [3.05, 3.63) is 71.9 Å². The first-order chi connectivity index (χ1) is 11.1. The van der Waals surface area contributed by atoms with E-state index in [-0.39, 0.29) is 6.42 Å². The Labute approximate surface area is 133 Å². The number of H-pyrrole nitrogens is 1. The third-order valence-corrected chi connectivity index (χ3v) is 3.72. The second kappa shape index (κ2) is 6.36. The summed E-state index contributed by atoms with van der Waals surface area (Å²) < 4.78 is 0. The quantitative estimate of drug-likeness (QED) is 0.744. The first-order valence-corrected chi connectivity index (χ1v) is 7.27. The van der Waals surface area contributed by atoms with Gasteiger partial charge in [-0.25, -0.2) is 0 Å². The number of aromatic nitrogens is 1. The zero-order valence-corrected chi connectivity index (χ0v) is 12.3. The summed E-state index contributed by atoms with van der Waals surface area (Å²) in [4.78, 5) is 26.6. The molecule has 0 unspecified atom stereocenters. The lowest BCUT2D eigenvalue weighted by Crippen LogP contribution is -2.49. The van der Waals surface area contributed by atoms with Gasteiger partial charge in [0.15, 0.2) is 0 Å². The van der Waals surface area contributed by atoms with Gasteiger partial charge in [-0.2, -0.15) is 0 Å². The van der Waals surface area contributed by atoms with E-state index >= 15 is 0 Å². The molecule has 0 aliphatic heterocycles. The third kappa shape index (κ3) is 3.23. The fourth-order valence-corrected chi connectivity index (χ4v) is 2.54. The van der Waals surface area contributed by atoms with Crippen molar-refractivity contribution in [2.45, 2.75) is 12.5 Å². The van der Waals surface area contributed by atoms with Gasteiger partial charge in [-0.15, -0.1) is 0 Å². The Morgan fingerprint density at radius 2 is 1.74 bits per heavy atom. The molecule has 0 aliphatic carbocycles. The molecule has 1 heterocycles. The zero-order valence-electron chi connectivity index (χ0n) is 12.3. The number of carboxylic acid groups (broad SMARTS) is 1. The largest absolute Gasteiger partial charge is 0.548 e. The van der Waals surface area contributed by atoms with Gasteiger partial charge in [0.2, 0.25) is 0 Å². The van der Waals surface area contributed by atoms with E-state index in [0.717, 1.165) is 16.5 Å². The normalized spacial score (nSPS) is 12.0.